The predicted octanol–water partition coefficient (Wildman–Crippen LogP) is 4.25. The van der Waals surface area contributed by atoms with E-state index in [2.05, 4.69) is 46.9 Å². The number of hydrogen-bond acceptors (Lipinski definition) is 3. The molecule has 2 aromatic carbocycles. The van der Waals surface area contributed by atoms with Crippen LogP contribution in [0.25, 0.3) is 0 Å². The van der Waals surface area contributed by atoms with Crippen molar-refractivity contribution >= 4 is 34.5 Å². The molecular weight excluding hydrogens is 344 g/mol. The zero-order chi connectivity index (χ0) is 18.5. The second-order valence-corrected chi connectivity index (χ2v) is 6.53. The van der Waals surface area contributed by atoms with Gasteiger partial charge in [-0.1, -0.05) is 29.8 Å². The van der Waals surface area contributed by atoms with Crippen LogP contribution >= 0.6 is 12.2 Å². The molecule has 6 heteroatoms. The summed E-state index contributed by atoms with van der Waals surface area (Å²) in [7, 11) is 0. The smallest absolute Gasteiger partial charge is 0.175 e. The van der Waals surface area contributed by atoms with Gasteiger partial charge in [-0.3, -0.25) is 9.48 Å². The van der Waals surface area contributed by atoms with E-state index < -0.39 is 0 Å². The third-order valence-corrected chi connectivity index (χ3v) is 4.11. The Kier molecular flexibility index (Phi) is 5.43. The van der Waals surface area contributed by atoms with Crippen molar-refractivity contribution in [1.82, 2.24) is 9.78 Å². The first-order valence-corrected chi connectivity index (χ1v) is 8.67. The fraction of sp³-hybridized carbons (Fsp3) is 0.150. The van der Waals surface area contributed by atoms with E-state index in [1.54, 1.807) is 25.3 Å². The molecule has 0 unspecified atom stereocenters. The molecule has 2 N–H and O–H groups in total. The van der Waals surface area contributed by atoms with Crippen LogP contribution in [-0.2, 0) is 6.54 Å². The van der Waals surface area contributed by atoms with Crippen LogP contribution in [0.3, 0.4) is 0 Å². The molecule has 1 aromatic heterocycles. The van der Waals surface area contributed by atoms with Crippen molar-refractivity contribution < 1.29 is 4.79 Å². The van der Waals surface area contributed by atoms with Crippen molar-refractivity contribution in [2.24, 2.45) is 0 Å². The highest BCUT2D eigenvalue weighted by molar-refractivity contribution is 7.80. The number of rotatable bonds is 5. The Hall–Kier alpha value is -2.99. The maximum atomic E-state index is 11.3. The molecule has 3 aromatic rings. The number of Topliss-reactive ketones (excluding diaryl/α,β-unsaturated/α-hetero) is 1. The highest BCUT2D eigenvalue weighted by atomic mass is 32.1. The first-order valence-electron chi connectivity index (χ1n) is 8.26. The minimum atomic E-state index is 0.0400. The Balaban J connectivity index is 1.57. The Morgan fingerprint density at radius 3 is 2.35 bits per heavy atom. The molecule has 0 saturated carbocycles. The van der Waals surface area contributed by atoms with Crippen LogP contribution in [0, 0.1) is 6.92 Å². The van der Waals surface area contributed by atoms with Crippen molar-refractivity contribution in [3.8, 4) is 0 Å². The molecule has 0 aliphatic heterocycles. The predicted molar refractivity (Wildman–Crippen MR) is 109 cm³/mol. The zero-order valence-electron chi connectivity index (χ0n) is 14.7. The standard InChI is InChI=1S/C20H20N4OS/c1-14-3-5-16(6-4-14)12-24-13-19(11-21-24)23-20(26)22-18-9-7-17(8-10-18)15(2)25/h3-11,13H,12H2,1-2H3,(H2,22,23,26). The van der Waals surface area contributed by atoms with Gasteiger partial charge in [0.1, 0.15) is 0 Å². The number of ketones is 1. The molecule has 0 radical (unpaired) electrons. The molecule has 26 heavy (non-hydrogen) atoms. The van der Waals surface area contributed by atoms with Crippen LogP contribution in [0.5, 0.6) is 0 Å². The molecule has 3 rings (SSSR count). The quantitative estimate of drug-likeness (QED) is 0.523. The fourth-order valence-electron chi connectivity index (χ4n) is 2.48. The van der Waals surface area contributed by atoms with E-state index in [-0.39, 0.29) is 5.78 Å². The zero-order valence-corrected chi connectivity index (χ0v) is 15.5. The monoisotopic (exact) mass is 364 g/mol. The lowest BCUT2D eigenvalue weighted by molar-refractivity contribution is 0.101. The number of hydrogen-bond donors (Lipinski definition) is 2. The van der Waals surface area contributed by atoms with Crippen molar-refractivity contribution in [2.75, 3.05) is 10.6 Å². The molecule has 0 fully saturated rings. The molecule has 5 nitrogen and oxygen atoms in total. The second kappa shape index (κ2) is 7.93. The van der Waals surface area contributed by atoms with Gasteiger partial charge < -0.3 is 10.6 Å². The number of aryl methyl sites for hydroxylation is 1. The van der Waals surface area contributed by atoms with Gasteiger partial charge in [0.05, 0.1) is 18.4 Å². The SMILES string of the molecule is CC(=O)c1ccc(NC(=S)Nc2cnn(Cc3ccc(C)cc3)c2)cc1. The van der Waals surface area contributed by atoms with Crippen LogP contribution in [-0.4, -0.2) is 20.7 Å². The molecule has 0 saturated heterocycles. The maximum Gasteiger partial charge on any atom is 0.175 e. The molecular formula is C20H20N4OS. The summed E-state index contributed by atoms with van der Waals surface area (Å²) in [5, 5.41) is 11.0. The number of benzene rings is 2. The summed E-state index contributed by atoms with van der Waals surface area (Å²) < 4.78 is 1.86. The van der Waals surface area contributed by atoms with E-state index in [0.717, 1.165) is 11.4 Å². The van der Waals surface area contributed by atoms with Gasteiger partial charge in [0.15, 0.2) is 10.9 Å². The third kappa shape index (κ3) is 4.77. The van der Waals surface area contributed by atoms with Gasteiger partial charge in [-0.05, 0) is 55.9 Å². The van der Waals surface area contributed by atoms with Gasteiger partial charge in [0.2, 0.25) is 0 Å². The number of carbonyl (C=O) groups excluding carboxylic acids is 1. The molecule has 0 aliphatic carbocycles. The van der Waals surface area contributed by atoms with Crippen LogP contribution in [0.15, 0.2) is 60.9 Å². The summed E-state index contributed by atoms with van der Waals surface area (Å²) in [4.78, 5) is 11.3. The number of aromatic nitrogens is 2. The molecule has 0 atom stereocenters. The summed E-state index contributed by atoms with van der Waals surface area (Å²) in [6.07, 6.45) is 3.65. The van der Waals surface area contributed by atoms with Gasteiger partial charge in [-0.2, -0.15) is 5.10 Å². The average molecular weight is 364 g/mol. The number of nitrogens with zero attached hydrogens (tertiary/aromatic N) is 2. The average Bonchev–Trinajstić information content (AvgIpc) is 3.04. The van der Waals surface area contributed by atoms with Crippen molar-refractivity contribution in [2.45, 2.75) is 20.4 Å². The third-order valence-electron chi connectivity index (χ3n) is 3.91. The highest BCUT2D eigenvalue weighted by Gasteiger charge is 2.04. The molecule has 0 aliphatic rings. The lowest BCUT2D eigenvalue weighted by Crippen LogP contribution is -2.18. The summed E-state index contributed by atoms with van der Waals surface area (Å²) in [5.41, 5.74) is 4.74. The van der Waals surface area contributed by atoms with Crippen LogP contribution in [0.1, 0.15) is 28.4 Å². The minimum absolute atomic E-state index is 0.0400. The van der Waals surface area contributed by atoms with Crippen LogP contribution in [0.2, 0.25) is 0 Å². The molecule has 0 amide bonds. The van der Waals surface area contributed by atoms with Crippen molar-refractivity contribution in [1.29, 1.82) is 0 Å². The van der Waals surface area contributed by atoms with E-state index in [1.807, 2.05) is 23.0 Å². The molecule has 0 spiro atoms. The minimum Gasteiger partial charge on any atom is -0.332 e. The number of thiocarbonyl (C=S) groups is 1. The van der Waals surface area contributed by atoms with Gasteiger partial charge in [-0.15, -0.1) is 0 Å². The Morgan fingerprint density at radius 2 is 1.69 bits per heavy atom. The Morgan fingerprint density at radius 1 is 1.04 bits per heavy atom. The summed E-state index contributed by atoms with van der Waals surface area (Å²) in [6.45, 7) is 4.32. The topological polar surface area (TPSA) is 59.0 Å². The lowest BCUT2D eigenvalue weighted by atomic mass is 10.1. The van der Waals surface area contributed by atoms with E-state index in [9.17, 15) is 4.79 Å². The Labute approximate surface area is 158 Å². The first-order chi connectivity index (χ1) is 12.5. The van der Waals surface area contributed by atoms with E-state index >= 15 is 0 Å². The van der Waals surface area contributed by atoms with E-state index in [4.69, 9.17) is 12.2 Å². The van der Waals surface area contributed by atoms with Crippen LogP contribution < -0.4 is 10.6 Å². The lowest BCUT2D eigenvalue weighted by Gasteiger charge is -2.09. The summed E-state index contributed by atoms with van der Waals surface area (Å²) >= 11 is 5.33. The summed E-state index contributed by atoms with van der Waals surface area (Å²) in [6, 6.07) is 15.6. The van der Waals surface area contributed by atoms with Crippen molar-refractivity contribution in [3.63, 3.8) is 0 Å². The number of anilines is 2. The fourth-order valence-corrected chi connectivity index (χ4v) is 2.71. The first kappa shape index (κ1) is 17.8. The normalized spacial score (nSPS) is 10.4. The highest BCUT2D eigenvalue weighted by Crippen LogP contribution is 2.12. The maximum absolute atomic E-state index is 11.3. The largest absolute Gasteiger partial charge is 0.332 e. The van der Waals surface area contributed by atoms with Gasteiger partial charge in [-0.25, -0.2) is 0 Å². The molecule has 132 valence electrons. The van der Waals surface area contributed by atoms with Gasteiger partial charge in [0, 0.05) is 17.4 Å². The summed E-state index contributed by atoms with van der Waals surface area (Å²) in [5.74, 6) is 0.0400. The van der Waals surface area contributed by atoms with E-state index in [0.29, 0.717) is 17.2 Å². The van der Waals surface area contributed by atoms with Crippen molar-refractivity contribution in [3.05, 3.63) is 77.6 Å². The second-order valence-electron chi connectivity index (χ2n) is 6.12. The Bertz CT molecular complexity index is 914. The number of carbonyl (C=O) groups is 1. The number of nitrogens with one attached hydrogen (secondary N) is 2. The van der Waals surface area contributed by atoms with Gasteiger partial charge in [0.25, 0.3) is 0 Å². The van der Waals surface area contributed by atoms with Crippen LogP contribution in [0.4, 0.5) is 11.4 Å². The van der Waals surface area contributed by atoms with Gasteiger partial charge >= 0.3 is 0 Å². The molecule has 1 heterocycles. The van der Waals surface area contributed by atoms with E-state index in [1.165, 1.54) is 11.1 Å². The molecule has 0 bridgehead atoms.